The van der Waals surface area contributed by atoms with E-state index in [9.17, 15) is 13.2 Å². The average molecular weight is 314 g/mol. The van der Waals surface area contributed by atoms with Gasteiger partial charge >= 0.3 is 6.18 Å². The van der Waals surface area contributed by atoms with Crippen molar-refractivity contribution < 1.29 is 13.2 Å². The molecule has 112 valence electrons. The minimum Gasteiger partial charge on any atom is -0.344 e. The Kier molecular flexibility index (Phi) is 4.47. The maximum Gasteiger partial charge on any atom is 0.418 e. The van der Waals surface area contributed by atoms with Crippen LogP contribution in [0.3, 0.4) is 0 Å². The molecule has 5 heteroatoms. The van der Waals surface area contributed by atoms with E-state index in [2.05, 4.69) is 0 Å². The van der Waals surface area contributed by atoms with Gasteiger partial charge in [0.15, 0.2) is 0 Å². The first kappa shape index (κ1) is 15.7. The van der Waals surface area contributed by atoms with E-state index in [-0.39, 0.29) is 11.6 Å². The molecule has 0 aliphatic heterocycles. The van der Waals surface area contributed by atoms with Gasteiger partial charge in [0.05, 0.1) is 11.3 Å². The molecule has 21 heavy (non-hydrogen) atoms. The molecule has 2 aromatic rings. The highest BCUT2D eigenvalue weighted by Crippen LogP contribution is 2.39. The monoisotopic (exact) mass is 313 g/mol. The molecule has 0 aliphatic carbocycles. The number of benzene rings is 2. The van der Waals surface area contributed by atoms with E-state index < -0.39 is 11.7 Å². The maximum absolute atomic E-state index is 13.3. The normalized spacial score (nSPS) is 11.5. The number of hydrogen-bond donors (Lipinski definition) is 0. The minimum absolute atomic E-state index is 0.0531. The topological polar surface area (TPSA) is 3.24 Å². The summed E-state index contributed by atoms with van der Waals surface area (Å²) < 4.78 is 39.8. The summed E-state index contributed by atoms with van der Waals surface area (Å²) in [7, 11) is 1.62. The van der Waals surface area contributed by atoms with Gasteiger partial charge in [0.2, 0.25) is 0 Å². The Morgan fingerprint density at radius 2 is 1.81 bits per heavy atom. The summed E-state index contributed by atoms with van der Waals surface area (Å²) >= 11 is 5.64. The molecule has 0 aromatic heterocycles. The molecule has 0 spiro atoms. The zero-order valence-corrected chi connectivity index (χ0v) is 12.5. The van der Waals surface area contributed by atoms with E-state index in [1.807, 2.05) is 25.1 Å². The second-order valence-corrected chi connectivity index (χ2v) is 5.15. The quantitative estimate of drug-likeness (QED) is 0.674. The third-order valence-corrected chi connectivity index (χ3v) is 3.58. The maximum atomic E-state index is 13.3. The van der Waals surface area contributed by atoms with Gasteiger partial charge in [0, 0.05) is 18.6 Å². The number of halogens is 4. The summed E-state index contributed by atoms with van der Waals surface area (Å²) in [5.74, 6) is 0.0531. The van der Waals surface area contributed by atoms with Gasteiger partial charge in [-0.05, 0) is 42.3 Å². The van der Waals surface area contributed by atoms with Crippen molar-refractivity contribution in [2.24, 2.45) is 0 Å². The van der Waals surface area contributed by atoms with Gasteiger partial charge in [-0.1, -0.05) is 18.2 Å². The number of anilines is 2. The van der Waals surface area contributed by atoms with Crippen molar-refractivity contribution in [3.8, 4) is 0 Å². The third kappa shape index (κ3) is 3.50. The van der Waals surface area contributed by atoms with Gasteiger partial charge in [0.1, 0.15) is 0 Å². The first-order valence-electron chi connectivity index (χ1n) is 6.39. The zero-order chi connectivity index (χ0) is 15.6. The van der Waals surface area contributed by atoms with Crippen LogP contribution < -0.4 is 4.90 Å². The molecule has 2 aromatic carbocycles. The van der Waals surface area contributed by atoms with Crippen molar-refractivity contribution in [3.05, 3.63) is 59.2 Å². The van der Waals surface area contributed by atoms with Crippen molar-refractivity contribution in [2.75, 3.05) is 11.9 Å². The fourth-order valence-electron chi connectivity index (χ4n) is 2.16. The number of aryl methyl sites for hydroxylation is 1. The highest BCUT2D eigenvalue weighted by atomic mass is 35.5. The Morgan fingerprint density at radius 3 is 2.38 bits per heavy atom. The molecular weight excluding hydrogens is 299 g/mol. The Bertz CT molecular complexity index is 638. The molecule has 0 saturated carbocycles. The lowest BCUT2D eigenvalue weighted by molar-refractivity contribution is -0.137. The van der Waals surface area contributed by atoms with Gasteiger partial charge in [-0.25, -0.2) is 0 Å². The van der Waals surface area contributed by atoms with E-state index in [1.54, 1.807) is 19.2 Å². The Labute approximate surface area is 127 Å². The average Bonchev–Trinajstić information content (AvgIpc) is 2.45. The Hall–Kier alpha value is -1.68. The smallest absolute Gasteiger partial charge is 0.344 e. The summed E-state index contributed by atoms with van der Waals surface area (Å²) in [6, 6.07) is 11.5. The molecule has 0 N–H and O–H groups in total. The second kappa shape index (κ2) is 5.98. The minimum atomic E-state index is -4.42. The predicted molar refractivity (Wildman–Crippen MR) is 80.2 cm³/mol. The summed E-state index contributed by atoms with van der Waals surface area (Å²) in [5.41, 5.74) is 1.58. The first-order chi connectivity index (χ1) is 9.82. The van der Waals surface area contributed by atoms with Gasteiger partial charge in [0.25, 0.3) is 0 Å². The van der Waals surface area contributed by atoms with E-state index in [4.69, 9.17) is 11.6 Å². The van der Waals surface area contributed by atoms with Crippen molar-refractivity contribution in [1.82, 2.24) is 0 Å². The van der Waals surface area contributed by atoms with E-state index >= 15 is 0 Å². The summed E-state index contributed by atoms with van der Waals surface area (Å²) in [5, 5.41) is 0. The van der Waals surface area contributed by atoms with E-state index in [1.165, 1.54) is 11.0 Å². The van der Waals surface area contributed by atoms with Gasteiger partial charge < -0.3 is 4.90 Å². The third-order valence-electron chi connectivity index (χ3n) is 3.27. The fourth-order valence-corrected chi connectivity index (χ4v) is 2.33. The van der Waals surface area contributed by atoms with Crippen LogP contribution in [-0.2, 0) is 12.1 Å². The molecule has 0 aliphatic rings. The number of hydrogen-bond acceptors (Lipinski definition) is 1. The van der Waals surface area contributed by atoms with Crippen LogP contribution >= 0.6 is 11.6 Å². The molecule has 0 unspecified atom stereocenters. The van der Waals surface area contributed by atoms with Crippen molar-refractivity contribution >= 4 is 23.0 Å². The number of alkyl halides is 4. The van der Waals surface area contributed by atoms with Crippen LogP contribution in [0.5, 0.6) is 0 Å². The number of rotatable bonds is 3. The van der Waals surface area contributed by atoms with Gasteiger partial charge in [-0.15, -0.1) is 11.6 Å². The van der Waals surface area contributed by atoms with Crippen molar-refractivity contribution in [1.29, 1.82) is 0 Å². The molecule has 0 atom stereocenters. The second-order valence-electron chi connectivity index (χ2n) is 4.88. The lowest BCUT2D eigenvalue weighted by Crippen LogP contribution is -2.17. The standard InChI is InChI=1S/C16H15ClF3N/c1-11-4-3-5-13(8-11)21(2)15-7-6-12(10-17)9-14(15)16(18,19)20/h3-9H,10H2,1-2H3. The van der Waals surface area contributed by atoms with Crippen LogP contribution in [-0.4, -0.2) is 7.05 Å². The van der Waals surface area contributed by atoms with Gasteiger partial charge in [-0.2, -0.15) is 13.2 Å². The van der Waals surface area contributed by atoms with Crippen molar-refractivity contribution in [3.63, 3.8) is 0 Å². The highest BCUT2D eigenvalue weighted by Gasteiger charge is 2.34. The molecule has 0 amide bonds. The van der Waals surface area contributed by atoms with Crippen LogP contribution in [0, 0.1) is 6.92 Å². The molecule has 0 fully saturated rings. The van der Waals surface area contributed by atoms with E-state index in [0.717, 1.165) is 11.6 Å². The Balaban J connectivity index is 2.52. The Morgan fingerprint density at radius 1 is 1.10 bits per heavy atom. The lowest BCUT2D eigenvalue weighted by Gasteiger charge is -2.24. The van der Waals surface area contributed by atoms with Gasteiger partial charge in [-0.3, -0.25) is 0 Å². The predicted octanol–water partition coefficient (Wildman–Crippen LogP) is 5.52. The van der Waals surface area contributed by atoms with Crippen LogP contribution in [0.4, 0.5) is 24.5 Å². The van der Waals surface area contributed by atoms with Crippen LogP contribution in [0.1, 0.15) is 16.7 Å². The van der Waals surface area contributed by atoms with Crippen molar-refractivity contribution in [2.45, 2.75) is 19.0 Å². The molecule has 0 heterocycles. The fraction of sp³-hybridized carbons (Fsp3) is 0.250. The largest absolute Gasteiger partial charge is 0.418 e. The first-order valence-corrected chi connectivity index (χ1v) is 6.93. The highest BCUT2D eigenvalue weighted by molar-refractivity contribution is 6.17. The molecule has 0 bridgehead atoms. The molecular formula is C16H15ClF3N. The number of nitrogens with zero attached hydrogens (tertiary/aromatic N) is 1. The molecule has 0 radical (unpaired) electrons. The zero-order valence-electron chi connectivity index (χ0n) is 11.7. The molecule has 0 saturated heterocycles. The van der Waals surface area contributed by atoms with Crippen LogP contribution in [0.15, 0.2) is 42.5 Å². The SMILES string of the molecule is Cc1cccc(N(C)c2ccc(CCl)cc2C(F)(F)F)c1. The van der Waals surface area contributed by atoms with E-state index in [0.29, 0.717) is 11.3 Å². The molecule has 2 rings (SSSR count). The lowest BCUT2D eigenvalue weighted by atomic mass is 10.1. The summed E-state index contributed by atoms with van der Waals surface area (Å²) in [6.07, 6.45) is -4.42. The van der Waals surface area contributed by atoms with Crippen LogP contribution in [0.25, 0.3) is 0 Å². The summed E-state index contributed by atoms with van der Waals surface area (Å²) in [6.45, 7) is 1.90. The summed E-state index contributed by atoms with van der Waals surface area (Å²) in [4.78, 5) is 1.54. The molecule has 1 nitrogen and oxygen atoms in total. The van der Waals surface area contributed by atoms with Crippen LogP contribution in [0.2, 0.25) is 0 Å².